The van der Waals surface area contributed by atoms with Gasteiger partial charge in [-0.15, -0.1) is 0 Å². The minimum Gasteiger partial charge on any atom is -0.0837 e. The van der Waals surface area contributed by atoms with Crippen LogP contribution in [0.1, 0.15) is 12.0 Å². The van der Waals surface area contributed by atoms with Crippen LogP contribution in [0.15, 0.2) is 54.6 Å². The van der Waals surface area contributed by atoms with Crippen molar-refractivity contribution in [1.29, 1.82) is 0 Å². The molecule has 0 aromatic heterocycles. The second-order valence-corrected chi connectivity index (χ2v) is 3.60. The van der Waals surface area contributed by atoms with Crippen LogP contribution in [0.5, 0.6) is 0 Å². The van der Waals surface area contributed by atoms with E-state index in [0.717, 1.165) is 17.0 Å². The summed E-state index contributed by atoms with van der Waals surface area (Å²) in [5, 5.41) is 0.822. The highest BCUT2D eigenvalue weighted by Crippen LogP contribution is 2.27. The molecule has 0 fully saturated rings. The third-order valence-corrected chi connectivity index (χ3v) is 2.54. The first-order valence-electron chi connectivity index (χ1n) is 4.65. The lowest BCUT2D eigenvalue weighted by Gasteiger charge is -2.05. The van der Waals surface area contributed by atoms with E-state index in [1.54, 1.807) is 0 Å². The van der Waals surface area contributed by atoms with Crippen molar-refractivity contribution in [3.05, 3.63) is 65.2 Å². The zero-order valence-corrected chi connectivity index (χ0v) is 8.54. The topological polar surface area (TPSA) is 0 Å². The summed E-state index contributed by atoms with van der Waals surface area (Å²) in [6.07, 6.45) is 11.3. The third-order valence-electron chi connectivity index (χ3n) is 2.21. The van der Waals surface area contributed by atoms with E-state index in [1.807, 2.05) is 30.4 Å². The molecule has 0 spiro atoms. The Bertz CT molecular complexity index is 411. The normalized spacial score (nSPS) is 15.1. The molecule has 0 saturated heterocycles. The molecule has 1 aliphatic rings. The van der Waals surface area contributed by atoms with Crippen LogP contribution in [-0.4, -0.2) is 0 Å². The summed E-state index contributed by atoms with van der Waals surface area (Å²) >= 11 is 6.12. The molecule has 0 amide bonds. The maximum atomic E-state index is 6.12. The highest BCUT2D eigenvalue weighted by Gasteiger charge is 2.03. The first-order valence-corrected chi connectivity index (χ1v) is 5.03. The average Bonchev–Trinajstić information content (AvgIpc) is 2.47. The van der Waals surface area contributed by atoms with Gasteiger partial charge in [-0.25, -0.2) is 0 Å². The van der Waals surface area contributed by atoms with Crippen LogP contribution in [0.2, 0.25) is 5.02 Å². The molecule has 0 heterocycles. The molecular weight excluding hydrogens is 192 g/mol. The van der Waals surface area contributed by atoms with Gasteiger partial charge in [-0.05, 0) is 23.6 Å². The van der Waals surface area contributed by atoms with Crippen molar-refractivity contribution in [2.45, 2.75) is 6.42 Å². The Morgan fingerprint density at radius 3 is 2.71 bits per heavy atom. The molecule has 70 valence electrons. The fourth-order valence-electron chi connectivity index (χ4n) is 1.50. The number of hydrogen-bond donors (Lipinski definition) is 0. The van der Waals surface area contributed by atoms with Gasteiger partial charge < -0.3 is 0 Å². The predicted octanol–water partition coefficient (Wildman–Crippen LogP) is 4.24. The largest absolute Gasteiger partial charge is 0.0837 e. The van der Waals surface area contributed by atoms with Gasteiger partial charge in [0.15, 0.2) is 0 Å². The quantitative estimate of drug-likeness (QED) is 0.639. The number of halogens is 1. The van der Waals surface area contributed by atoms with Gasteiger partial charge in [0.1, 0.15) is 0 Å². The lowest BCUT2D eigenvalue weighted by atomic mass is 10.0. The van der Waals surface area contributed by atoms with E-state index in [2.05, 4.69) is 24.3 Å². The summed E-state index contributed by atoms with van der Waals surface area (Å²) in [5.74, 6) is 0. The van der Waals surface area contributed by atoms with Gasteiger partial charge in [0.05, 0.1) is 0 Å². The molecule has 2 rings (SSSR count). The van der Waals surface area contributed by atoms with Crippen LogP contribution in [0, 0.1) is 0 Å². The minimum atomic E-state index is 0.822. The Morgan fingerprint density at radius 2 is 1.86 bits per heavy atom. The molecule has 0 saturated carbocycles. The van der Waals surface area contributed by atoms with Crippen LogP contribution in [0.3, 0.4) is 0 Å². The Morgan fingerprint density at radius 1 is 1.00 bits per heavy atom. The Kier molecular flexibility index (Phi) is 2.85. The van der Waals surface area contributed by atoms with Crippen LogP contribution in [-0.2, 0) is 0 Å². The van der Waals surface area contributed by atoms with Gasteiger partial charge in [0.25, 0.3) is 0 Å². The maximum absolute atomic E-state index is 6.12. The summed E-state index contributed by atoms with van der Waals surface area (Å²) in [6.45, 7) is 0. The SMILES string of the molecule is Clc1ccccc1C1=CC=CC=CC1. The molecule has 0 aliphatic heterocycles. The Hall–Kier alpha value is -1.27. The molecule has 0 atom stereocenters. The predicted molar refractivity (Wildman–Crippen MR) is 62.3 cm³/mol. The first kappa shape index (κ1) is 9.29. The van der Waals surface area contributed by atoms with E-state index in [1.165, 1.54) is 5.57 Å². The number of hydrogen-bond acceptors (Lipinski definition) is 0. The van der Waals surface area contributed by atoms with Gasteiger partial charge in [-0.2, -0.15) is 0 Å². The molecule has 0 nitrogen and oxygen atoms in total. The summed E-state index contributed by atoms with van der Waals surface area (Å²) in [6, 6.07) is 7.95. The molecule has 1 aliphatic carbocycles. The van der Waals surface area contributed by atoms with Gasteiger partial charge >= 0.3 is 0 Å². The average molecular weight is 203 g/mol. The van der Waals surface area contributed by atoms with E-state index in [9.17, 15) is 0 Å². The van der Waals surface area contributed by atoms with Gasteiger partial charge in [0, 0.05) is 5.02 Å². The van der Waals surface area contributed by atoms with Crippen molar-refractivity contribution in [2.24, 2.45) is 0 Å². The van der Waals surface area contributed by atoms with Crippen molar-refractivity contribution in [2.75, 3.05) is 0 Å². The molecule has 0 N–H and O–H groups in total. The zero-order valence-electron chi connectivity index (χ0n) is 7.78. The molecule has 1 aromatic carbocycles. The van der Waals surface area contributed by atoms with Crippen molar-refractivity contribution in [3.8, 4) is 0 Å². The lowest BCUT2D eigenvalue weighted by molar-refractivity contribution is 1.40. The van der Waals surface area contributed by atoms with E-state index in [4.69, 9.17) is 11.6 Å². The van der Waals surface area contributed by atoms with Crippen LogP contribution in [0.4, 0.5) is 0 Å². The summed E-state index contributed by atoms with van der Waals surface area (Å²) in [7, 11) is 0. The van der Waals surface area contributed by atoms with Crippen LogP contribution >= 0.6 is 11.6 Å². The molecule has 14 heavy (non-hydrogen) atoms. The lowest BCUT2D eigenvalue weighted by Crippen LogP contribution is -1.83. The summed E-state index contributed by atoms with van der Waals surface area (Å²) in [4.78, 5) is 0. The smallest absolute Gasteiger partial charge is 0.0481 e. The third kappa shape index (κ3) is 1.97. The standard InChI is InChI=1S/C13H11Cl/c14-13-10-6-5-9-12(13)11-7-3-1-2-4-8-11/h1-7,9-10H,8H2. The van der Waals surface area contributed by atoms with Gasteiger partial charge in [-0.3, -0.25) is 0 Å². The minimum absolute atomic E-state index is 0.822. The zero-order chi connectivity index (χ0) is 9.80. The fourth-order valence-corrected chi connectivity index (χ4v) is 1.76. The van der Waals surface area contributed by atoms with Gasteiger partial charge in [0.2, 0.25) is 0 Å². The molecule has 1 heteroatoms. The van der Waals surface area contributed by atoms with Crippen molar-refractivity contribution in [3.63, 3.8) is 0 Å². The summed E-state index contributed by atoms with van der Waals surface area (Å²) < 4.78 is 0. The monoisotopic (exact) mass is 202 g/mol. The number of allylic oxidation sites excluding steroid dienone is 6. The Labute approximate surface area is 89.2 Å². The molecule has 1 aromatic rings. The second-order valence-electron chi connectivity index (χ2n) is 3.19. The van der Waals surface area contributed by atoms with E-state index in [0.29, 0.717) is 0 Å². The summed E-state index contributed by atoms with van der Waals surface area (Å²) in [5.41, 5.74) is 2.39. The fraction of sp³-hybridized carbons (Fsp3) is 0.0769. The highest BCUT2D eigenvalue weighted by atomic mass is 35.5. The molecule has 0 bridgehead atoms. The van der Waals surface area contributed by atoms with Crippen LogP contribution in [0.25, 0.3) is 5.57 Å². The first-order chi connectivity index (χ1) is 6.88. The van der Waals surface area contributed by atoms with Crippen molar-refractivity contribution < 1.29 is 0 Å². The molecule has 0 unspecified atom stereocenters. The van der Waals surface area contributed by atoms with Crippen molar-refractivity contribution in [1.82, 2.24) is 0 Å². The maximum Gasteiger partial charge on any atom is 0.0481 e. The molecule has 0 radical (unpaired) electrons. The number of benzene rings is 1. The number of rotatable bonds is 1. The van der Waals surface area contributed by atoms with E-state index < -0.39 is 0 Å². The van der Waals surface area contributed by atoms with Crippen molar-refractivity contribution >= 4 is 17.2 Å². The van der Waals surface area contributed by atoms with Gasteiger partial charge in [-0.1, -0.05) is 60.2 Å². The second kappa shape index (κ2) is 4.30. The molecular formula is C13H11Cl. The Balaban J connectivity index is 2.40. The van der Waals surface area contributed by atoms with Crippen LogP contribution < -0.4 is 0 Å². The van der Waals surface area contributed by atoms with E-state index in [-0.39, 0.29) is 0 Å². The van der Waals surface area contributed by atoms with E-state index >= 15 is 0 Å². The highest BCUT2D eigenvalue weighted by molar-refractivity contribution is 6.32.